The average Bonchev–Trinajstić information content (AvgIpc) is 2.32. The van der Waals surface area contributed by atoms with Gasteiger partial charge in [-0.05, 0) is 43.5 Å². The zero-order valence-electron chi connectivity index (χ0n) is 11.1. The van der Waals surface area contributed by atoms with Gasteiger partial charge in [-0.2, -0.15) is 0 Å². The highest BCUT2D eigenvalue weighted by Crippen LogP contribution is 2.09. The first-order valence-corrected chi connectivity index (χ1v) is 6.18. The van der Waals surface area contributed by atoms with Gasteiger partial charge in [0, 0.05) is 12.1 Å². The molecule has 1 amide bonds. The molecule has 4 nitrogen and oxygen atoms in total. The van der Waals surface area contributed by atoms with Crippen molar-refractivity contribution in [2.24, 2.45) is 5.92 Å². The molecule has 0 spiro atoms. The lowest BCUT2D eigenvalue weighted by molar-refractivity contribution is -0.141. The lowest BCUT2D eigenvalue weighted by Gasteiger charge is -2.08. The standard InChI is InChI=1S/C14H18FNO3/c1-9-6-11(8-12(15)7-9)13(17)16-5-3-4-10(2)14(18)19/h6-8,10H,3-5H2,1-2H3,(H,16,17)(H,18,19). The molecule has 1 rings (SSSR count). The molecular weight excluding hydrogens is 249 g/mol. The van der Waals surface area contributed by atoms with Crippen LogP contribution in [0, 0.1) is 18.7 Å². The van der Waals surface area contributed by atoms with Gasteiger partial charge in [-0.25, -0.2) is 4.39 Å². The van der Waals surface area contributed by atoms with E-state index >= 15 is 0 Å². The maximum atomic E-state index is 13.1. The van der Waals surface area contributed by atoms with Crippen molar-refractivity contribution in [1.82, 2.24) is 5.32 Å². The number of halogens is 1. The Morgan fingerprint density at radius 2 is 2.05 bits per heavy atom. The summed E-state index contributed by atoms with van der Waals surface area (Å²) in [6, 6.07) is 4.14. The Hall–Kier alpha value is -1.91. The lowest BCUT2D eigenvalue weighted by Crippen LogP contribution is -2.25. The van der Waals surface area contributed by atoms with Crippen LogP contribution in [-0.2, 0) is 4.79 Å². The molecule has 0 bridgehead atoms. The molecule has 0 aliphatic heterocycles. The summed E-state index contributed by atoms with van der Waals surface area (Å²) >= 11 is 0. The monoisotopic (exact) mass is 267 g/mol. The Morgan fingerprint density at radius 1 is 1.37 bits per heavy atom. The fraction of sp³-hybridized carbons (Fsp3) is 0.429. The van der Waals surface area contributed by atoms with Gasteiger partial charge in [-0.15, -0.1) is 0 Å². The van der Waals surface area contributed by atoms with Crippen LogP contribution in [0.2, 0.25) is 0 Å². The van der Waals surface area contributed by atoms with Crippen LogP contribution in [0.3, 0.4) is 0 Å². The van der Waals surface area contributed by atoms with E-state index in [1.54, 1.807) is 19.9 Å². The molecule has 0 heterocycles. The van der Waals surface area contributed by atoms with Crippen LogP contribution in [-0.4, -0.2) is 23.5 Å². The molecule has 2 N–H and O–H groups in total. The van der Waals surface area contributed by atoms with E-state index in [-0.39, 0.29) is 11.5 Å². The number of nitrogens with one attached hydrogen (secondary N) is 1. The SMILES string of the molecule is Cc1cc(F)cc(C(=O)NCCCC(C)C(=O)O)c1. The second-order valence-electron chi connectivity index (χ2n) is 4.65. The van der Waals surface area contributed by atoms with E-state index in [9.17, 15) is 14.0 Å². The van der Waals surface area contributed by atoms with Gasteiger partial charge in [0.15, 0.2) is 0 Å². The highest BCUT2D eigenvalue weighted by atomic mass is 19.1. The van der Waals surface area contributed by atoms with Crippen molar-refractivity contribution in [2.45, 2.75) is 26.7 Å². The highest BCUT2D eigenvalue weighted by Gasteiger charge is 2.11. The number of carbonyl (C=O) groups excluding carboxylic acids is 1. The largest absolute Gasteiger partial charge is 0.481 e. The number of hydrogen-bond donors (Lipinski definition) is 2. The number of amides is 1. The molecule has 0 saturated heterocycles. The van der Waals surface area contributed by atoms with Crippen LogP contribution in [0.4, 0.5) is 4.39 Å². The van der Waals surface area contributed by atoms with Crippen molar-refractivity contribution >= 4 is 11.9 Å². The molecule has 1 aromatic rings. The van der Waals surface area contributed by atoms with E-state index in [4.69, 9.17) is 5.11 Å². The number of aliphatic carboxylic acids is 1. The molecular formula is C14H18FNO3. The minimum Gasteiger partial charge on any atom is -0.481 e. The summed E-state index contributed by atoms with van der Waals surface area (Å²) in [6.45, 7) is 3.72. The summed E-state index contributed by atoms with van der Waals surface area (Å²) in [4.78, 5) is 22.3. The number of hydrogen-bond acceptors (Lipinski definition) is 2. The smallest absolute Gasteiger partial charge is 0.306 e. The van der Waals surface area contributed by atoms with Crippen LogP contribution in [0.5, 0.6) is 0 Å². The Morgan fingerprint density at radius 3 is 2.63 bits per heavy atom. The number of rotatable bonds is 6. The van der Waals surface area contributed by atoms with E-state index in [0.717, 1.165) is 0 Å². The molecule has 1 unspecified atom stereocenters. The molecule has 104 valence electrons. The number of benzene rings is 1. The predicted octanol–water partition coefficient (Wildman–Crippen LogP) is 2.36. The van der Waals surface area contributed by atoms with Crippen molar-refractivity contribution in [3.05, 3.63) is 35.1 Å². The van der Waals surface area contributed by atoms with Crippen LogP contribution < -0.4 is 5.32 Å². The molecule has 0 saturated carbocycles. The van der Waals surface area contributed by atoms with E-state index < -0.39 is 17.7 Å². The lowest BCUT2D eigenvalue weighted by atomic mass is 10.1. The highest BCUT2D eigenvalue weighted by molar-refractivity contribution is 5.94. The van der Waals surface area contributed by atoms with Crippen LogP contribution in [0.1, 0.15) is 35.7 Å². The third-order valence-electron chi connectivity index (χ3n) is 2.83. The molecule has 0 aliphatic rings. The molecule has 0 aliphatic carbocycles. The fourth-order valence-corrected chi connectivity index (χ4v) is 1.70. The van der Waals surface area contributed by atoms with Crippen LogP contribution >= 0.6 is 0 Å². The summed E-state index contributed by atoms with van der Waals surface area (Å²) < 4.78 is 13.1. The molecule has 1 aromatic carbocycles. The summed E-state index contributed by atoms with van der Waals surface area (Å²) in [5.41, 5.74) is 0.966. The molecule has 5 heteroatoms. The second kappa shape index (κ2) is 6.87. The van der Waals surface area contributed by atoms with Gasteiger partial charge >= 0.3 is 5.97 Å². The maximum absolute atomic E-state index is 13.1. The zero-order chi connectivity index (χ0) is 14.4. The summed E-state index contributed by atoms with van der Waals surface area (Å²) in [5.74, 6) is -2.05. The fourth-order valence-electron chi connectivity index (χ4n) is 1.70. The molecule has 0 fully saturated rings. The number of carboxylic acid groups (broad SMARTS) is 1. The van der Waals surface area contributed by atoms with Crippen molar-refractivity contribution < 1.29 is 19.1 Å². The van der Waals surface area contributed by atoms with E-state index in [1.165, 1.54) is 12.1 Å². The third-order valence-corrected chi connectivity index (χ3v) is 2.83. The Labute approximate surface area is 111 Å². The average molecular weight is 267 g/mol. The van der Waals surface area contributed by atoms with E-state index in [0.29, 0.717) is 24.9 Å². The summed E-state index contributed by atoms with van der Waals surface area (Å²) in [6.07, 6.45) is 1.07. The topological polar surface area (TPSA) is 66.4 Å². The van der Waals surface area contributed by atoms with Crippen molar-refractivity contribution in [2.75, 3.05) is 6.54 Å². The number of carbonyl (C=O) groups is 2. The van der Waals surface area contributed by atoms with Gasteiger partial charge in [0.1, 0.15) is 5.82 Å². The molecule has 1 atom stereocenters. The minimum atomic E-state index is -0.841. The van der Waals surface area contributed by atoms with Gasteiger partial charge in [0.05, 0.1) is 5.92 Å². The third kappa shape index (κ3) is 5.07. The Balaban J connectivity index is 2.41. The van der Waals surface area contributed by atoms with E-state index in [2.05, 4.69) is 5.32 Å². The number of aryl methyl sites for hydroxylation is 1. The quantitative estimate of drug-likeness (QED) is 0.778. The Kier molecular flexibility index (Phi) is 5.48. The van der Waals surface area contributed by atoms with Crippen molar-refractivity contribution in [1.29, 1.82) is 0 Å². The normalized spacial score (nSPS) is 11.9. The summed E-state index contributed by atoms with van der Waals surface area (Å²) in [5, 5.41) is 11.3. The van der Waals surface area contributed by atoms with Crippen LogP contribution in [0.15, 0.2) is 18.2 Å². The van der Waals surface area contributed by atoms with Crippen molar-refractivity contribution in [3.63, 3.8) is 0 Å². The molecule has 0 aromatic heterocycles. The van der Waals surface area contributed by atoms with E-state index in [1.807, 2.05) is 0 Å². The first-order valence-electron chi connectivity index (χ1n) is 6.18. The number of carboxylic acids is 1. The maximum Gasteiger partial charge on any atom is 0.306 e. The van der Waals surface area contributed by atoms with Crippen LogP contribution in [0.25, 0.3) is 0 Å². The Bertz CT molecular complexity index is 454. The molecule has 0 radical (unpaired) electrons. The molecule has 19 heavy (non-hydrogen) atoms. The van der Waals surface area contributed by atoms with Crippen molar-refractivity contribution in [3.8, 4) is 0 Å². The summed E-state index contributed by atoms with van der Waals surface area (Å²) in [7, 11) is 0. The van der Waals surface area contributed by atoms with Gasteiger partial charge in [-0.1, -0.05) is 6.92 Å². The van der Waals surface area contributed by atoms with Gasteiger partial charge < -0.3 is 10.4 Å². The first kappa shape index (κ1) is 15.1. The minimum absolute atomic E-state index is 0.281. The predicted molar refractivity (Wildman–Crippen MR) is 69.5 cm³/mol. The second-order valence-corrected chi connectivity index (χ2v) is 4.65. The van der Waals surface area contributed by atoms with Gasteiger partial charge in [0.25, 0.3) is 5.91 Å². The first-order chi connectivity index (χ1) is 8.90. The zero-order valence-corrected chi connectivity index (χ0v) is 11.1. The van der Waals surface area contributed by atoms with Gasteiger partial charge in [0.2, 0.25) is 0 Å². The van der Waals surface area contributed by atoms with Gasteiger partial charge in [-0.3, -0.25) is 9.59 Å².